The maximum atomic E-state index is 13.5. The molecule has 13 nitrogen and oxygen atoms in total. The molecule has 216 valence electrons. The highest BCUT2D eigenvalue weighted by Gasteiger charge is 2.32. The number of carboxylic acids is 1. The van der Waals surface area contributed by atoms with E-state index >= 15 is 0 Å². The van der Waals surface area contributed by atoms with Crippen LogP contribution in [0.5, 0.6) is 0 Å². The van der Waals surface area contributed by atoms with Gasteiger partial charge in [-0.25, -0.2) is 9.38 Å². The monoisotopic (exact) mass is 566 g/mol. The van der Waals surface area contributed by atoms with E-state index in [1.165, 1.54) is 0 Å². The van der Waals surface area contributed by atoms with Gasteiger partial charge in [0.1, 0.15) is 12.2 Å². The quantitative estimate of drug-likeness (QED) is 0.219. The number of anilines is 2. The minimum absolute atomic E-state index is 0.00202. The van der Waals surface area contributed by atoms with Gasteiger partial charge in [0.15, 0.2) is 5.96 Å². The van der Waals surface area contributed by atoms with Gasteiger partial charge in [0.05, 0.1) is 50.1 Å². The summed E-state index contributed by atoms with van der Waals surface area (Å²) < 4.78 is 18.9. The summed E-state index contributed by atoms with van der Waals surface area (Å²) >= 11 is 0. The molecule has 0 bridgehead atoms. The zero-order chi connectivity index (χ0) is 28.9. The largest absolute Gasteiger partial charge is 0.481 e. The predicted molar refractivity (Wildman–Crippen MR) is 150 cm³/mol. The van der Waals surface area contributed by atoms with Crippen molar-refractivity contribution in [3.05, 3.63) is 53.7 Å². The van der Waals surface area contributed by atoms with Crippen LogP contribution in [0.2, 0.25) is 0 Å². The van der Waals surface area contributed by atoms with E-state index in [2.05, 4.69) is 36.0 Å². The number of fused-ring (bicyclic) bond motifs is 1. The molecule has 1 fully saturated rings. The molecule has 2 aliphatic rings. The van der Waals surface area contributed by atoms with Crippen LogP contribution in [0.15, 0.2) is 47.6 Å². The molecule has 1 aromatic heterocycles. The molecule has 3 aromatic rings. The molecule has 7 N–H and O–H groups in total. The Hall–Kier alpha value is -4.72. The minimum atomic E-state index is -1.32. The molecule has 3 atom stereocenters. The highest BCUT2D eigenvalue weighted by atomic mass is 19.1. The Morgan fingerprint density at radius 2 is 2.02 bits per heavy atom. The number of nitrogens with two attached hydrogens (primary N) is 1. The average Bonchev–Trinajstić information content (AvgIpc) is 3.45. The second-order valence-corrected chi connectivity index (χ2v) is 9.90. The first kappa shape index (κ1) is 27.8. The molecule has 2 unspecified atom stereocenters. The number of carboxylic acid groups (broad SMARTS) is 1. The van der Waals surface area contributed by atoms with Crippen molar-refractivity contribution >= 4 is 46.0 Å². The lowest BCUT2D eigenvalue weighted by Crippen LogP contribution is -2.48. The molecular weight excluding hydrogens is 535 g/mol. The summed E-state index contributed by atoms with van der Waals surface area (Å²) in [5.41, 5.74) is 8.31. The van der Waals surface area contributed by atoms with Gasteiger partial charge in [-0.05, 0) is 29.8 Å². The van der Waals surface area contributed by atoms with Crippen LogP contribution in [0, 0.1) is 0 Å². The Morgan fingerprint density at radius 1 is 1.22 bits per heavy atom. The molecule has 3 heterocycles. The molecule has 0 radical (unpaired) electrons. The van der Waals surface area contributed by atoms with Gasteiger partial charge in [0.25, 0.3) is 5.91 Å². The number of aromatic amines is 1. The third kappa shape index (κ3) is 6.54. The first-order valence-corrected chi connectivity index (χ1v) is 13.2. The number of hydrogen-bond acceptors (Lipinski definition) is 9. The van der Waals surface area contributed by atoms with Gasteiger partial charge in [-0.3, -0.25) is 19.5 Å². The van der Waals surface area contributed by atoms with Crippen molar-refractivity contribution in [2.75, 3.05) is 49.6 Å². The second-order valence-electron chi connectivity index (χ2n) is 9.90. The van der Waals surface area contributed by atoms with Gasteiger partial charge in [-0.2, -0.15) is 5.10 Å². The molecule has 2 amide bonds. The van der Waals surface area contributed by atoms with Crippen molar-refractivity contribution in [1.29, 1.82) is 0 Å². The fraction of sp³-hybridized carbons (Fsp3) is 0.370. The number of ether oxygens (including phenoxy) is 1. The summed E-state index contributed by atoms with van der Waals surface area (Å²) in [6.45, 7) is 2.58. The van der Waals surface area contributed by atoms with Crippen LogP contribution in [0.25, 0.3) is 10.9 Å². The van der Waals surface area contributed by atoms with E-state index in [0.29, 0.717) is 54.4 Å². The molecule has 0 spiro atoms. The van der Waals surface area contributed by atoms with E-state index in [9.17, 15) is 23.9 Å². The molecule has 14 heteroatoms. The normalized spacial score (nSPS) is 18.6. The smallest absolute Gasteiger partial charge is 0.304 e. The zero-order valence-corrected chi connectivity index (χ0v) is 22.1. The van der Waals surface area contributed by atoms with Gasteiger partial charge in [-0.15, -0.1) is 0 Å². The fourth-order valence-corrected chi connectivity index (χ4v) is 5.00. The van der Waals surface area contributed by atoms with Crippen molar-refractivity contribution in [1.82, 2.24) is 20.8 Å². The molecule has 5 rings (SSSR count). The number of primary amides is 1. The molecule has 0 aliphatic carbocycles. The molecule has 0 saturated carbocycles. The lowest BCUT2D eigenvalue weighted by Gasteiger charge is -2.30. The second kappa shape index (κ2) is 12.2. The molecule has 41 heavy (non-hydrogen) atoms. The van der Waals surface area contributed by atoms with Crippen LogP contribution in [-0.4, -0.2) is 90.7 Å². The van der Waals surface area contributed by atoms with E-state index in [1.54, 1.807) is 30.5 Å². The topological polar surface area (TPSA) is 187 Å². The number of aromatic nitrogens is 2. The number of amides is 2. The summed E-state index contributed by atoms with van der Waals surface area (Å²) in [4.78, 5) is 44.3. The van der Waals surface area contributed by atoms with Gasteiger partial charge < -0.3 is 36.4 Å². The number of morpholine rings is 1. The Balaban J connectivity index is 1.42. The van der Waals surface area contributed by atoms with Gasteiger partial charge >= 0.3 is 5.97 Å². The number of halogens is 1. The fourth-order valence-electron chi connectivity index (χ4n) is 5.00. The molecular formula is C27H31FN8O5. The number of rotatable bonds is 9. The van der Waals surface area contributed by atoms with E-state index in [1.807, 2.05) is 12.1 Å². The number of H-pyrrole nitrogens is 1. The maximum Gasteiger partial charge on any atom is 0.304 e. The highest BCUT2D eigenvalue weighted by molar-refractivity contribution is 6.07. The molecule has 2 aliphatic heterocycles. The number of hydrogen-bond donors (Lipinski definition) is 6. The van der Waals surface area contributed by atoms with Crippen LogP contribution >= 0.6 is 0 Å². The van der Waals surface area contributed by atoms with Crippen molar-refractivity contribution in [2.45, 2.75) is 24.6 Å². The summed E-state index contributed by atoms with van der Waals surface area (Å²) in [5, 5.41) is 25.8. The summed E-state index contributed by atoms with van der Waals surface area (Å²) in [6.07, 6.45) is 0.0381. The lowest BCUT2D eigenvalue weighted by molar-refractivity contribution is -0.137. The summed E-state index contributed by atoms with van der Waals surface area (Å²) in [5.74, 6) is -3.25. The third-order valence-corrected chi connectivity index (χ3v) is 7.08. The number of aliphatic imine (C=N–C) groups is 1. The maximum absolute atomic E-state index is 13.5. The van der Waals surface area contributed by atoms with Crippen molar-refractivity contribution in [2.24, 2.45) is 10.7 Å². The number of guanidine groups is 1. The van der Waals surface area contributed by atoms with E-state index in [4.69, 9.17) is 10.5 Å². The number of aliphatic carboxylic acids is 1. The summed E-state index contributed by atoms with van der Waals surface area (Å²) in [7, 11) is 0. The number of carbonyl (C=O) groups is 3. The van der Waals surface area contributed by atoms with Crippen molar-refractivity contribution in [3.8, 4) is 0 Å². The Labute approximate surface area is 234 Å². The minimum Gasteiger partial charge on any atom is -0.481 e. The van der Waals surface area contributed by atoms with Gasteiger partial charge in [0.2, 0.25) is 5.91 Å². The predicted octanol–water partition coefficient (Wildman–Crippen LogP) is 0.951. The number of alkyl halides is 1. The Kier molecular flexibility index (Phi) is 8.29. The number of carbonyl (C=O) groups excluding carboxylic acids is 2. The number of nitrogens with zero attached hydrogens (tertiary/aromatic N) is 3. The summed E-state index contributed by atoms with van der Waals surface area (Å²) in [6, 6.07) is 9.00. The van der Waals surface area contributed by atoms with Crippen LogP contribution in [0.1, 0.15) is 28.3 Å². The first-order chi connectivity index (χ1) is 19.8. The van der Waals surface area contributed by atoms with Crippen LogP contribution in [0.3, 0.4) is 0 Å². The third-order valence-electron chi connectivity index (χ3n) is 7.08. The van der Waals surface area contributed by atoms with Crippen LogP contribution in [0.4, 0.5) is 15.8 Å². The van der Waals surface area contributed by atoms with E-state index in [-0.39, 0.29) is 18.7 Å². The average molecular weight is 567 g/mol. The SMILES string of the molecule is NC(=O)C(NC(=O)c1cc(NC2=NCC(F)CN2)c2cn[nH]c2c1)[C@@H](CC(=O)O)c1cccc(N2CCOCC2)c1. The first-order valence-electron chi connectivity index (χ1n) is 13.2. The van der Waals surface area contributed by atoms with E-state index < -0.39 is 42.3 Å². The van der Waals surface area contributed by atoms with Gasteiger partial charge in [-0.1, -0.05) is 12.1 Å². The Morgan fingerprint density at radius 3 is 2.73 bits per heavy atom. The Bertz CT molecular complexity index is 1470. The highest BCUT2D eigenvalue weighted by Crippen LogP contribution is 2.29. The lowest BCUT2D eigenvalue weighted by atomic mass is 9.87. The molecule has 1 saturated heterocycles. The zero-order valence-electron chi connectivity index (χ0n) is 22.1. The van der Waals surface area contributed by atoms with Crippen LogP contribution < -0.4 is 26.6 Å². The van der Waals surface area contributed by atoms with Crippen molar-refractivity contribution < 1.29 is 28.6 Å². The van der Waals surface area contributed by atoms with Gasteiger partial charge in [0, 0.05) is 35.6 Å². The number of nitrogens with one attached hydrogen (secondary N) is 4. The van der Waals surface area contributed by atoms with E-state index in [0.717, 1.165) is 5.69 Å². The molecule has 2 aromatic carbocycles. The van der Waals surface area contributed by atoms with Crippen molar-refractivity contribution in [3.63, 3.8) is 0 Å². The standard InChI is InChI=1S/C27H31FN8O5/c28-17-12-30-27(31-13-17)33-21-9-16(10-22-20(21)14-32-35-22)26(40)34-24(25(29)39)19(11-23(37)38)15-2-1-3-18(8-15)36-4-6-41-7-5-36/h1-3,8-10,14,17,19,24H,4-7,11-13H2,(H2,29,39)(H,32,35)(H,34,40)(H,37,38)(H2,30,31,33)/t19-,24?/m0/s1. The van der Waals surface area contributed by atoms with Crippen LogP contribution in [-0.2, 0) is 14.3 Å². The number of benzene rings is 2.